The van der Waals surface area contributed by atoms with Crippen LogP contribution in [0.1, 0.15) is 10.4 Å². The average Bonchev–Trinajstić information content (AvgIpc) is 3.22. The monoisotopic (exact) mass is 395 g/mol. The van der Waals surface area contributed by atoms with Gasteiger partial charge in [0, 0.05) is 75.3 Å². The molecule has 0 unspecified atom stereocenters. The number of hydrogen-bond donors (Lipinski definition) is 3. The molecule has 0 spiro atoms. The molecule has 28 heavy (non-hydrogen) atoms. The largest absolute Gasteiger partial charge is 0.369 e. The molecule has 144 valence electrons. The number of piperazine rings is 1. The van der Waals surface area contributed by atoms with Crippen molar-refractivity contribution in [3.05, 3.63) is 48.5 Å². The Bertz CT molecular complexity index is 968. The fourth-order valence-corrected chi connectivity index (χ4v) is 3.83. The van der Waals surface area contributed by atoms with Gasteiger partial charge >= 0.3 is 0 Å². The van der Waals surface area contributed by atoms with E-state index in [2.05, 4.69) is 35.8 Å². The van der Waals surface area contributed by atoms with Crippen LogP contribution in [-0.2, 0) is 0 Å². The summed E-state index contributed by atoms with van der Waals surface area (Å²) in [5, 5.41) is 9.99. The number of carbonyl (C=O) groups excluding carboxylic acids is 1. The van der Waals surface area contributed by atoms with Gasteiger partial charge in [0.15, 0.2) is 5.13 Å². The molecule has 0 saturated carbocycles. The Hall–Kier alpha value is -3.04. The third kappa shape index (κ3) is 4.10. The molecule has 3 N–H and O–H groups in total. The summed E-state index contributed by atoms with van der Waals surface area (Å²) in [6.07, 6.45) is 6.86. The molecule has 1 aliphatic rings. The van der Waals surface area contributed by atoms with Crippen LogP contribution in [0.2, 0.25) is 0 Å². The molecule has 0 aromatic carbocycles. The number of thiazole rings is 1. The number of anilines is 3. The molecule has 1 fully saturated rings. The Morgan fingerprint density at radius 1 is 1.18 bits per heavy atom. The number of carbonyl (C=O) groups is 1. The van der Waals surface area contributed by atoms with Gasteiger partial charge in [-0.25, -0.2) is 9.97 Å². The number of nitrogens with zero attached hydrogens (tertiary/aromatic N) is 4. The van der Waals surface area contributed by atoms with Crippen LogP contribution in [0.25, 0.3) is 10.4 Å². The van der Waals surface area contributed by atoms with Gasteiger partial charge in [-0.3, -0.25) is 9.78 Å². The van der Waals surface area contributed by atoms with Crippen LogP contribution in [0, 0.1) is 0 Å². The molecular weight excluding hydrogens is 374 g/mol. The van der Waals surface area contributed by atoms with E-state index < -0.39 is 0 Å². The van der Waals surface area contributed by atoms with Gasteiger partial charge in [0.2, 0.25) is 0 Å². The van der Waals surface area contributed by atoms with E-state index in [0.717, 1.165) is 53.3 Å². The lowest BCUT2D eigenvalue weighted by molar-refractivity contribution is 0.0963. The van der Waals surface area contributed by atoms with E-state index >= 15 is 0 Å². The summed E-state index contributed by atoms with van der Waals surface area (Å²) in [7, 11) is 1.60. The number of amides is 1. The lowest BCUT2D eigenvalue weighted by Gasteiger charge is -2.29. The molecule has 4 rings (SSSR count). The predicted molar refractivity (Wildman–Crippen MR) is 111 cm³/mol. The Morgan fingerprint density at radius 3 is 2.86 bits per heavy atom. The van der Waals surface area contributed by atoms with Gasteiger partial charge in [-0.1, -0.05) is 11.3 Å². The summed E-state index contributed by atoms with van der Waals surface area (Å²) in [4.78, 5) is 28.1. The summed E-state index contributed by atoms with van der Waals surface area (Å²) in [5.74, 6) is 0.598. The average molecular weight is 395 g/mol. The third-order valence-electron chi connectivity index (χ3n) is 4.48. The van der Waals surface area contributed by atoms with Gasteiger partial charge in [-0.2, -0.15) is 0 Å². The third-order valence-corrected chi connectivity index (χ3v) is 5.44. The second kappa shape index (κ2) is 8.32. The highest BCUT2D eigenvalue weighted by molar-refractivity contribution is 7.18. The summed E-state index contributed by atoms with van der Waals surface area (Å²) < 4.78 is 0. The van der Waals surface area contributed by atoms with Crippen LogP contribution in [0.15, 0.2) is 43.0 Å². The van der Waals surface area contributed by atoms with Crippen molar-refractivity contribution < 1.29 is 4.79 Å². The second-order valence-electron chi connectivity index (χ2n) is 6.33. The molecular formula is C19H21N7OS. The lowest BCUT2D eigenvalue weighted by Crippen LogP contribution is -2.43. The quantitative estimate of drug-likeness (QED) is 0.609. The molecule has 1 saturated heterocycles. The smallest absolute Gasteiger partial charge is 0.252 e. The van der Waals surface area contributed by atoms with E-state index in [9.17, 15) is 4.79 Å². The molecule has 0 radical (unpaired) electrons. The van der Waals surface area contributed by atoms with Crippen LogP contribution >= 0.6 is 11.3 Å². The van der Waals surface area contributed by atoms with Crippen molar-refractivity contribution in [2.75, 3.05) is 43.4 Å². The van der Waals surface area contributed by atoms with Crippen LogP contribution in [0.3, 0.4) is 0 Å². The predicted octanol–water partition coefficient (Wildman–Crippen LogP) is 2.11. The van der Waals surface area contributed by atoms with Crippen LogP contribution < -0.4 is 20.9 Å². The van der Waals surface area contributed by atoms with Gasteiger partial charge < -0.3 is 20.9 Å². The minimum atomic E-state index is -0.161. The first-order chi connectivity index (χ1) is 13.7. The summed E-state index contributed by atoms with van der Waals surface area (Å²) in [5.41, 5.74) is 2.53. The fraction of sp³-hybridized carbons (Fsp3) is 0.263. The first kappa shape index (κ1) is 18.3. The van der Waals surface area contributed by atoms with Crippen molar-refractivity contribution in [3.63, 3.8) is 0 Å². The topological polar surface area (TPSA) is 95.1 Å². The van der Waals surface area contributed by atoms with Crippen molar-refractivity contribution in [2.45, 2.75) is 0 Å². The molecule has 0 bridgehead atoms. The zero-order valence-electron chi connectivity index (χ0n) is 15.5. The van der Waals surface area contributed by atoms with Gasteiger partial charge in [-0.05, 0) is 12.1 Å². The van der Waals surface area contributed by atoms with E-state index in [1.54, 1.807) is 25.6 Å². The maximum Gasteiger partial charge on any atom is 0.252 e. The highest BCUT2D eigenvalue weighted by atomic mass is 32.1. The first-order valence-corrected chi connectivity index (χ1v) is 9.86. The van der Waals surface area contributed by atoms with Crippen molar-refractivity contribution >= 4 is 33.9 Å². The molecule has 3 aromatic rings. The van der Waals surface area contributed by atoms with E-state index in [4.69, 9.17) is 0 Å². The lowest BCUT2D eigenvalue weighted by atomic mass is 10.2. The van der Waals surface area contributed by atoms with Crippen molar-refractivity contribution in [1.29, 1.82) is 0 Å². The molecule has 0 atom stereocenters. The van der Waals surface area contributed by atoms with Crippen LogP contribution in [0.4, 0.5) is 16.6 Å². The number of pyridine rings is 2. The molecule has 4 heterocycles. The Labute approximate surface area is 167 Å². The number of hydrogen-bond acceptors (Lipinski definition) is 8. The number of aromatic nitrogens is 3. The van der Waals surface area contributed by atoms with Gasteiger partial charge in [0.1, 0.15) is 5.82 Å². The maximum absolute atomic E-state index is 11.8. The van der Waals surface area contributed by atoms with Crippen LogP contribution in [0.5, 0.6) is 0 Å². The van der Waals surface area contributed by atoms with E-state index in [1.165, 1.54) is 11.3 Å². The number of rotatable bonds is 5. The molecule has 1 aliphatic heterocycles. The normalized spacial score (nSPS) is 14.0. The summed E-state index contributed by atoms with van der Waals surface area (Å²) in [6, 6.07) is 5.88. The van der Waals surface area contributed by atoms with E-state index in [0.29, 0.717) is 5.56 Å². The van der Waals surface area contributed by atoms with Crippen LogP contribution in [-0.4, -0.2) is 54.1 Å². The van der Waals surface area contributed by atoms with E-state index in [-0.39, 0.29) is 5.91 Å². The first-order valence-electron chi connectivity index (χ1n) is 9.05. The van der Waals surface area contributed by atoms with Crippen molar-refractivity contribution in [1.82, 2.24) is 25.6 Å². The van der Waals surface area contributed by atoms with Gasteiger partial charge in [-0.15, -0.1) is 0 Å². The molecule has 1 amide bonds. The summed E-state index contributed by atoms with van der Waals surface area (Å²) >= 11 is 1.49. The van der Waals surface area contributed by atoms with Crippen molar-refractivity contribution in [3.8, 4) is 10.4 Å². The standard InChI is InChI=1S/C19H21N7OS/c1-20-18(27)14-8-13(10-22-11-14)16-12-24-19(28-16)25-17-9-15(2-3-23-17)26-6-4-21-5-7-26/h2-3,8-12,21H,4-7H2,1H3,(H,20,27)(H,23,24,25). The summed E-state index contributed by atoms with van der Waals surface area (Å²) in [6.45, 7) is 3.95. The Balaban J connectivity index is 1.50. The zero-order chi connectivity index (χ0) is 19.3. The minimum absolute atomic E-state index is 0.161. The molecule has 9 heteroatoms. The number of nitrogens with one attached hydrogen (secondary N) is 3. The molecule has 3 aromatic heterocycles. The maximum atomic E-state index is 11.8. The van der Waals surface area contributed by atoms with Crippen molar-refractivity contribution in [2.24, 2.45) is 0 Å². The highest BCUT2D eigenvalue weighted by Crippen LogP contribution is 2.31. The Kier molecular flexibility index (Phi) is 5.45. The van der Waals surface area contributed by atoms with E-state index in [1.807, 2.05) is 24.4 Å². The Morgan fingerprint density at radius 2 is 2.04 bits per heavy atom. The molecule has 0 aliphatic carbocycles. The minimum Gasteiger partial charge on any atom is -0.369 e. The second-order valence-corrected chi connectivity index (χ2v) is 7.36. The SMILES string of the molecule is CNC(=O)c1cncc(-c2cnc(Nc3cc(N4CCNCC4)ccn3)s2)c1. The zero-order valence-corrected chi connectivity index (χ0v) is 16.3. The highest BCUT2D eigenvalue weighted by Gasteiger charge is 2.12. The molecule has 8 nitrogen and oxygen atoms in total. The fourth-order valence-electron chi connectivity index (χ4n) is 3.03. The van der Waals surface area contributed by atoms with Gasteiger partial charge in [0.25, 0.3) is 5.91 Å². The van der Waals surface area contributed by atoms with Gasteiger partial charge in [0.05, 0.1) is 10.4 Å².